The number of nitrogens with one attached hydrogen (secondary N) is 1. The number of aryl methyl sites for hydroxylation is 1. The van der Waals surface area contributed by atoms with Crippen molar-refractivity contribution in [2.45, 2.75) is 66.3 Å². The zero-order valence-corrected chi connectivity index (χ0v) is 20.1. The number of benzene rings is 2. The number of amides is 1. The number of rotatable bonds is 10. The maximum Gasteiger partial charge on any atom is 0.225 e. The lowest BCUT2D eigenvalue weighted by atomic mass is 9.96. The molecule has 0 saturated heterocycles. The van der Waals surface area contributed by atoms with Crippen molar-refractivity contribution in [2.24, 2.45) is 5.41 Å². The first-order valence-corrected chi connectivity index (χ1v) is 11.7. The van der Waals surface area contributed by atoms with Gasteiger partial charge in [0.15, 0.2) is 0 Å². The number of carbonyl (C=O) groups excluding carboxylic acids is 1. The minimum absolute atomic E-state index is 0.0822. The van der Waals surface area contributed by atoms with E-state index >= 15 is 0 Å². The molecule has 0 saturated carbocycles. The second-order valence-corrected chi connectivity index (χ2v) is 9.50. The number of carbonyl (C=O) groups is 1. The Kier molecular flexibility index (Phi) is 7.94. The van der Waals surface area contributed by atoms with E-state index in [1.807, 2.05) is 39.0 Å². The zero-order chi connectivity index (χ0) is 23.1. The lowest BCUT2D eigenvalue weighted by Gasteiger charge is -2.17. The van der Waals surface area contributed by atoms with E-state index in [4.69, 9.17) is 9.72 Å². The third kappa shape index (κ3) is 6.12. The van der Waals surface area contributed by atoms with Gasteiger partial charge in [0, 0.05) is 18.4 Å². The highest BCUT2D eigenvalue weighted by Gasteiger charge is 2.20. The van der Waals surface area contributed by atoms with Crippen molar-refractivity contribution in [3.8, 4) is 5.75 Å². The van der Waals surface area contributed by atoms with Crippen LogP contribution in [-0.4, -0.2) is 28.6 Å². The summed E-state index contributed by atoms with van der Waals surface area (Å²) in [5, 5.41) is 3.03. The Morgan fingerprint density at radius 3 is 2.53 bits per heavy atom. The summed E-state index contributed by atoms with van der Waals surface area (Å²) >= 11 is 0. The van der Waals surface area contributed by atoms with Crippen molar-refractivity contribution in [1.82, 2.24) is 14.9 Å². The van der Waals surface area contributed by atoms with Crippen molar-refractivity contribution >= 4 is 16.9 Å². The molecule has 5 nitrogen and oxygen atoms in total. The quantitative estimate of drug-likeness (QED) is 0.414. The first-order chi connectivity index (χ1) is 15.3. The van der Waals surface area contributed by atoms with Gasteiger partial charge in [0.05, 0.1) is 17.6 Å². The number of ether oxygens (including phenoxy) is 1. The smallest absolute Gasteiger partial charge is 0.225 e. The number of nitrogens with zero attached hydrogens (tertiary/aromatic N) is 2. The van der Waals surface area contributed by atoms with Crippen LogP contribution in [0.5, 0.6) is 5.75 Å². The Bertz CT molecular complexity index is 1020. The molecule has 2 aromatic carbocycles. The summed E-state index contributed by atoms with van der Waals surface area (Å²) in [6.45, 7) is 12.2. The Labute approximate surface area is 192 Å². The summed E-state index contributed by atoms with van der Waals surface area (Å²) in [6, 6.07) is 16.7. The van der Waals surface area contributed by atoms with Crippen LogP contribution in [0.1, 0.15) is 64.8 Å². The van der Waals surface area contributed by atoms with E-state index in [0.717, 1.165) is 48.4 Å². The monoisotopic (exact) mass is 435 g/mol. The van der Waals surface area contributed by atoms with Crippen molar-refractivity contribution in [3.05, 3.63) is 59.9 Å². The Hall–Kier alpha value is -2.82. The average molecular weight is 436 g/mol. The van der Waals surface area contributed by atoms with Gasteiger partial charge in [-0.1, -0.05) is 58.9 Å². The number of hydrogen-bond acceptors (Lipinski definition) is 3. The molecule has 0 radical (unpaired) electrons. The first-order valence-electron chi connectivity index (χ1n) is 11.7. The molecule has 1 heterocycles. The topological polar surface area (TPSA) is 56.1 Å². The molecule has 1 aromatic heterocycles. The van der Waals surface area contributed by atoms with Crippen molar-refractivity contribution in [3.63, 3.8) is 0 Å². The fraction of sp³-hybridized carbons (Fsp3) is 0.481. The van der Waals surface area contributed by atoms with Gasteiger partial charge in [-0.3, -0.25) is 4.79 Å². The molecule has 1 amide bonds. The summed E-state index contributed by atoms with van der Waals surface area (Å²) in [4.78, 5) is 16.9. The van der Waals surface area contributed by atoms with Gasteiger partial charge in [-0.25, -0.2) is 4.98 Å². The summed E-state index contributed by atoms with van der Waals surface area (Å²) in [5.41, 5.74) is 3.11. The van der Waals surface area contributed by atoms with Crippen molar-refractivity contribution in [1.29, 1.82) is 0 Å². The molecule has 1 atom stereocenters. The summed E-state index contributed by atoms with van der Waals surface area (Å²) in [6.07, 6.45) is 2.79. The lowest BCUT2D eigenvalue weighted by molar-refractivity contribution is -0.128. The van der Waals surface area contributed by atoms with Gasteiger partial charge >= 0.3 is 0 Å². The second-order valence-electron chi connectivity index (χ2n) is 9.50. The zero-order valence-electron chi connectivity index (χ0n) is 20.1. The van der Waals surface area contributed by atoms with Crippen LogP contribution < -0.4 is 10.1 Å². The number of aromatic nitrogens is 2. The van der Waals surface area contributed by atoms with Crippen LogP contribution in [0.2, 0.25) is 0 Å². The molecule has 5 heteroatoms. The summed E-state index contributed by atoms with van der Waals surface area (Å²) < 4.78 is 8.29. The fourth-order valence-electron chi connectivity index (χ4n) is 3.66. The molecule has 172 valence electrons. The first kappa shape index (κ1) is 23.8. The minimum Gasteiger partial charge on any atom is -0.492 e. The number of hydrogen-bond donors (Lipinski definition) is 1. The van der Waals surface area contributed by atoms with Gasteiger partial charge < -0.3 is 14.6 Å². The molecule has 3 aromatic rings. The molecule has 0 aliphatic heterocycles. The highest BCUT2D eigenvalue weighted by atomic mass is 16.5. The predicted molar refractivity (Wildman–Crippen MR) is 131 cm³/mol. The molecule has 0 fully saturated rings. The molecule has 0 aliphatic rings. The van der Waals surface area contributed by atoms with Gasteiger partial charge in [-0.05, 0) is 48.6 Å². The highest BCUT2D eigenvalue weighted by molar-refractivity contribution is 5.81. The van der Waals surface area contributed by atoms with Crippen LogP contribution in [0.3, 0.4) is 0 Å². The molecule has 3 rings (SSSR count). The SMILES string of the molecule is CCC(C)c1ccc(OCCn2c(CCCNC(=O)C(C)(C)C)nc3ccccc32)cc1. The van der Waals surface area contributed by atoms with E-state index in [0.29, 0.717) is 19.1 Å². The van der Waals surface area contributed by atoms with E-state index in [-0.39, 0.29) is 11.3 Å². The van der Waals surface area contributed by atoms with E-state index in [2.05, 4.69) is 54.1 Å². The Morgan fingerprint density at radius 1 is 1.12 bits per heavy atom. The number of fused-ring (bicyclic) bond motifs is 1. The molecule has 0 aliphatic carbocycles. The number of imidazole rings is 1. The van der Waals surface area contributed by atoms with Gasteiger partial charge in [-0.2, -0.15) is 0 Å². The van der Waals surface area contributed by atoms with Crippen LogP contribution in [0, 0.1) is 5.41 Å². The second kappa shape index (κ2) is 10.7. The van der Waals surface area contributed by atoms with Gasteiger partial charge in [-0.15, -0.1) is 0 Å². The largest absolute Gasteiger partial charge is 0.492 e. The van der Waals surface area contributed by atoms with Crippen LogP contribution >= 0.6 is 0 Å². The van der Waals surface area contributed by atoms with Gasteiger partial charge in [0.2, 0.25) is 5.91 Å². The maximum atomic E-state index is 12.1. The van der Waals surface area contributed by atoms with Crippen molar-refractivity contribution in [2.75, 3.05) is 13.2 Å². The molecule has 0 bridgehead atoms. The Balaban J connectivity index is 1.61. The lowest BCUT2D eigenvalue weighted by Crippen LogP contribution is -2.35. The average Bonchev–Trinajstić information content (AvgIpc) is 3.13. The molecule has 1 N–H and O–H groups in total. The maximum absolute atomic E-state index is 12.1. The predicted octanol–water partition coefficient (Wildman–Crippen LogP) is 5.72. The van der Waals surface area contributed by atoms with E-state index in [1.165, 1.54) is 5.56 Å². The summed E-state index contributed by atoms with van der Waals surface area (Å²) in [5.74, 6) is 2.58. The third-order valence-electron chi connectivity index (χ3n) is 5.92. The molecule has 0 spiro atoms. The molecular weight excluding hydrogens is 398 g/mol. The normalized spacial score (nSPS) is 12.7. The Morgan fingerprint density at radius 2 is 1.84 bits per heavy atom. The van der Waals surface area contributed by atoms with Crippen LogP contribution in [-0.2, 0) is 17.8 Å². The van der Waals surface area contributed by atoms with E-state index in [9.17, 15) is 4.79 Å². The molecule has 32 heavy (non-hydrogen) atoms. The minimum atomic E-state index is -0.364. The number of para-hydroxylation sites is 2. The van der Waals surface area contributed by atoms with Crippen LogP contribution in [0.25, 0.3) is 11.0 Å². The highest BCUT2D eigenvalue weighted by Crippen LogP contribution is 2.22. The van der Waals surface area contributed by atoms with Gasteiger partial charge in [0.1, 0.15) is 18.2 Å². The summed E-state index contributed by atoms with van der Waals surface area (Å²) in [7, 11) is 0. The van der Waals surface area contributed by atoms with E-state index in [1.54, 1.807) is 0 Å². The standard InChI is InChI=1S/C27H37N3O2/c1-6-20(2)21-13-15-22(16-14-21)32-19-18-30-24-11-8-7-10-23(24)29-25(30)12-9-17-28-26(31)27(3,4)5/h7-8,10-11,13-16,20H,6,9,12,17-19H2,1-5H3,(H,28,31). The van der Waals surface area contributed by atoms with Gasteiger partial charge in [0.25, 0.3) is 0 Å². The third-order valence-corrected chi connectivity index (χ3v) is 5.92. The van der Waals surface area contributed by atoms with E-state index < -0.39 is 0 Å². The molecule has 1 unspecified atom stereocenters. The molecular formula is C27H37N3O2. The van der Waals surface area contributed by atoms with Crippen molar-refractivity contribution < 1.29 is 9.53 Å². The van der Waals surface area contributed by atoms with Crippen LogP contribution in [0.15, 0.2) is 48.5 Å². The van der Waals surface area contributed by atoms with Crippen LogP contribution in [0.4, 0.5) is 0 Å². The fourth-order valence-corrected chi connectivity index (χ4v) is 3.66.